The summed E-state index contributed by atoms with van der Waals surface area (Å²) in [5.41, 5.74) is -1.84. The molecule has 4 rings (SSSR count). The Morgan fingerprint density at radius 2 is 1.29 bits per heavy atom. The van der Waals surface area contributed by atoms with E-state index in [1.165, 1.54) is 30.3 Å². The summed E-state index contributed by atoms with van der Waals surface area (Å²) in [6, 6.07) is 11.3. The highest BCUT2D eigenvalue weighted by atomic mass is 19.1. The van der Waals surface area contributed by atoms with E-state index in [2.05, 4.69) is 0 Å². The number of aliphatic hydroxyl groups is 1. The summed E-state index contributed by atoms with van der Waals surface area (Å²) in [6.45, 7) is 4.10. The van der Waals surface area contributed by atoms with E-state index in [1.54, 1.807) is 32.0 Å². The number of ether oxygens (including phenoxy) is 2. The van der Waals surface area contributed by atoms with E-state index in [-0.39, 0.29) is 36.5 Å². The number of halogens is 3. The second kappa shape index (κ2) is 10.6. The number of esters is 2. The van der Waals surface area contributed by atoms with Crippen molar-refractivity contribution in [2.45, 2.75) is 50.8 Å². The Labute approximate surface area is 196 Å². The molecule has 2 saturated carbocycles. The second-order valence-corrected chi connectivity index (χ2v) is 8.73. The van der Waals surface area contributed by atoms with Crippen LogP contribution in [0.1, 0.15) is 50.7 Å². The van der Waals surface area contributed by atoms with Crippen molar-refractivity contribution in [3.63, 3.8) is 0 Å². The van der Waals surface area contributed by atoms with Crippen LogP contribution < -0.4 is 0 Å². The van der Waals surface area contributed by atoms with Crippen LogP contribution in [0.15, 0.2) is 48.5 Å². The van der Waals surface area contributed by atoms with Gasteiger partial charge >= 0.3 is 11.9 Å². The number of carbonyl (C=O) groups is 2. The van der Waals surface area contributed by atoms with Crippen molar-refractivity contribution in [1.29, 1.82) is 0 Å². The van der Waals surface area contributed by atoms with E-state index in [4.69, 9.17) is 9.47 Å². The van der Waals surface area contributed by atoms with Crippen molar-refractivity contribution in [3.05, 3.63) is 71.3 Å². The molecule has 1 N–H and O–H groups in total. The van der Waals surface area contributed by atoms with Crippen LogP contribution in [0.5, 0.6) is 0 Å². The maximum Gasteiger partial charge on any atom is 0.309 e. The molecular formula is C26H29F3O5. The first kappa shape index (κ1) is 25.7. The van der Waals surface area contributed by atoms with E-state index < -0.39 is 23.0 Å². The standard InChI is InChI=1S/C13H14F2O2.C13H15FO3/c1-2-17-12(16)9-7-13(15,8-9)10-4-3-5-11(14)6-10;1-2-17-12(15)9-7-13(16,8-9)10-4-3-5-11(14)6-10/h3-6,9H,2,7-8H2,1H3;3-6,9,16H,2,7-8H2,1H3. The molecule has 0 atom stereocenters. The number of rotatable bonds is 6. The SMILES string of the molecule is CCOC(=O)C1CC(F)(c2cccc(F)c2)C1.CCOC(=O)C1CC(O)(c2cccc(F)c2)C1. The Balaban J connectivity index is 0.000000191. The third-order valence-corrected chi connectivity index (χ3v) is 6.25. The van der Waals surface area contributed by atoms with Crippen molar-refractivity contribution in [2.75, 3.05) is 13.2 Å². The molecule has 2 aliphatic rings. The quantitative estimate of drug-likeness (QED) is 0.595. The molecule has 5 nitrogen and oxygen atoms in total. The average Bonchev–Trinajstić information content (AvgIpc) is 2.75. The van der Waals surface area contributed by atoms with Crippen LogP contribution >= 0.6 is 0 Å². The normalized spacial score (nSPS) is 27.4. The Morgan fingerprint density at radius 1 is 0.853 bits per heavy atom. The Hall–Kier alpha value is -2.87. The summed E-state index contributed by atoms with van der Waals surface area (Å²) in [7, 11) is 0. The molecule has 0 spiro atoms. The second-order valence-electron chi connectivity index (χ2n) is 8.73. The summed E-state index contributed by atoms with van der Waals surface area (Å²) in [4.78, 5) is 22.8. The molecule has 184 valence electrons. The molecule has 2 aromatic rings. The van der Waals surface area contributed by atoms with Gasteiger partial charge in [-0.2, -0.15) is 0 Å². The molecule has 0 amide bonds. The number of carbonyl (C=O) groups excluding carboxylic acids is 2. The highest BCUT2D eigenvalue weighted by molar-refractivity contribution is 5.74. The van der Waals surface area contributed by atoms with Crippen LogP contribution in [0, 0.1) is 23.5 Å². The third kappa shape index (κ3) is 5.78. The van der Waals surface area contributed by atoms with E-state index >= 15 is 0 Å². The number of hydrogen-bond donors (Lipinski definition) is 1. The molecule has 2 aliphatic carbocycles. The minimum Gasteiger partial charge on any atom is -0.466 e. The highest BCUT2D eigenvalue weighted by Crippen LogP contribution is 2.49. The maximum atomic E-state index is 14.3. The molecule has 0 heterocycles. The van der Waals surface area contributed by atoms with Crippen LogP contribution in [-0.4, -0.2) is 30.3 Å². The van der Waals surface area contributed by atoms with Gasteiger partial charge in [-0.25, -0.2) is 13.2 Å². The lowest BCUT2D eigenvalue weighted by Gasteiger charge is -2.42. The van der Waals surface area contributed by atoms with Gasteiger partial charge in [0.2, 0.25) is 0 Å². The van der Waals surface area contributed by atoms with Crippen molar-refractivity contribution >= 4 is 11.9 Å². The van der Waals surface area contributed by atoms with E-state index in [0.717, 1.165) is 0 Å². The lowest BCUT2D eigenvalue weighted by Crippen LogP contribution is -2.45. The van der Waals surface area contributed by atoms with Gasteiger partial charge in [0.05, 0.1) is 30.7 Å². The Kier molecular flexibility index (Phi) is 8.02. The summed E-state index contributed by atoms with van der Waals surface area (Å²) >= 11 is 0. The zero-order valence-corrected chi connectivity index (χ0v) is 19.2. The smallest absolute Gasteiger partial charge is 0.309 e. The van der Waals surface area contributed by atoms with Gasteiger partial charge in [-0.15, -0.1) is 0 Å². The molecule has 0 bridgehead atoms. The van der Waals surface area contributed by atoms with Gasteiger partial charge in [-0.05, 0) is 74.9 Å². The first-order valence-electron chi connectivity index (χ1n) is 11.4. The van der Waals surface area contributed by atoms with Crippen LogP contribution in [0.25, 0.3) is 0 Å². The summed E-state index contributed by atoms with van der Waals surface area (Å²) in [5.74, 6) is -2.16. The molecular weight excluding hydrogens is 449 g/mol. The van der Waals surface area contributed by atoms with Gasteiger partial charge in [0.15, 0.2) is 0 Å². The number of alkyl halides is 1. The fourth-order valence-corrected chi connectivity index (χ4v) is 4.35. The zero-order valence-electron chi connectivity index (χ0n) is 19.2. The lowest BCUT2D eigenvalue weighted by atomic mass is 9.67. The predicted molar refractivity (Wildman–Crippen MR) is 118 cm³/mol. The van der Waals surface area contributed by atoms with Gasteiger partial charge in [0.1, 0.15) is 17.3 Å². The number of hydrogen-bond acceptors (Lipinski definition) is 5. The topological polar surface area (TPSA) is 72.8 Å². The molecule has 0 saturated heterocycles. The summed E-state index contributed by atoms with van der Waals surface area (Å²) in [5, 5.41) is 10.2. The van der Waals surface area contributed by atoms with E-state index in [9.17, 15) is 27.9 Å². The zero-order chi connectivity index (χ0) is 24.9. The first-order valence-corrected chi connectivity index (χ1v) is 11.4. The fourth-order valence-electron chi connectivity index (χ4n) is 4.35. The largest absolute Gasteiger partial charge is 0.466 e. The van der Waals surface area contributed by atoms with Gasteiger partial charge < -0.3 is 14.6 Å². The summed E-state index contributed by atoms with van der Waals surface area (Å²) < 4.78 is 50.0. The van der Waals surface area contributed by atoms with Crippen LogP contribution in [0.4, 0.5) is 13.2 Å². The fraction of sp³-hybridized carbons (Fsp3) is 0.462. The minimum absolute atomic E-state index is 0.0787. The van der Waals surface area contributed by atoms with Gasteiger partial charge in [0.25, 0.3) is 0 Å². The van der Waals surface area contributed by atoms with Crippen molar-refractivity contribution < 1.29 is 37.3 Å². The highest BCUT2D eigenvalue weighted by Gasteiger charge is 2.50. The van der Waals surface area contributed by atoms with E-state index in [0.29, 0.717) is 37.2 Å². The van der Waals surface area contributed by atoms with Crippen LogP contribution in [0.3, 0.4) is 0 Å². The third-order valence-electron chi connectivity index (χ3n) is 6.25. The summed E-state index contributed by atoms with van der Waals surface area (Å²) in [6.07, 6.45) is 0.759. The van der Waals surface area contributed by atoms with Gasteiger partial charge in [0, 0.05) is 0 Å². The van der Waals surface area contributed by atoms with Crippen molar-refractivity contribution in [1.82, 2.24) is 0 Å². The molecule has 2 fully saturated rings. The molecule has 8 heteroatoms. The van der Waals surface area contributed by atoms with Crippen LogP contribution in [0.2, 0.25) is 0 Å². The van der Waals surface area contributed by atoms with E-state index in [1.807, 2.05) is 0 Å². The average molecular weight is 479 g/mol. The maximum absolute atomic E-state index is 14.3. The molecule has 0 aromatic heterocycles. The lowest BCUT2D eigenvalue weighted by molar-refractivity contribution is -0.165. The number of benzene rings is 2. The van der Waals surface area contributed by atoms with Crippen molar-refractivity contribution in [2.24, 2.45) is 11.8 Å². The van der Waals surface area contributed by atoms with Crippen LogP contribution in [-0.2, 0) is 30.3 Å². The Bertz CT molecular complexity index is 932. The molecule has 0 aliphatic heterocycles. The molecule has 0 radical (unpaired) electrons. The molecule has 0 unspecified atom stereocenters. The first-order chi connectivity index (χ1) is 16.1. The predicted octanol–water partition coefficient (Wildman–Crippen LogP) is 4.95. The Morgan fingerprint density at radius 3 is 1.76 bits per heavy atom. The monoisotopic (exact) mass is 478 g/mol. The van der Waals surface area contributed by atoms with Crippen molar-refractivity contribution in [3.8, 4) is 0 Å². The van der Waals surface area contributed by atoms with Gasteiger partial charge in [-0.3, -0.25) is 9.59 Å². The molecule has 2 aromatic carbocycles. The van der Waals surface area contributed by atoms with Gasteiger partial charge in [-0.1, -0.05) is 24.3 Å². The molecule has 34 heavy (non-hydrogen) atoms. The minimum atomic E-state index is -1.58.